The first-order valence-corrected chi connectivity index (χ1v) is 9.41. The third-order valence-electron chi connectivity index (χ3n) is 4.97. The molecule has 27 heavy (non-hydrogen) atoms. The molecule has 1 saturated heterocycles. The Morgan fingerprint density at radius 2 is 2.04 bits per heavy atom. The Hall–Kier alpha value is -2.86. The second-order valence-electron chi connectivity index (χ2n) is 7.03. The van der Waals surface area contributed by atoms with Crippen LogP contribution in [0.2, 0.25) is 0 Å². The van der Waals surface area contributed by atoms with E-state index in [0.29, 0.717) is 11.9 Å². The minimum atomic E-state index is 0.420. The van der Waals surface area contributed by atoms with Gasteiger partial charge in [-0.1, -0.05) is 12.1 Å². The molecule has 0 aromatic carbocycles. The van der Waals surface area contributed by atoms with Gasteiger partial charge in [0.25, 0.3) is 0 Å². The van der Waals surface area contributed by atoms with Gasteiger partial charge >= 0.3 is 0 Å². The Balaban J connectivity index is 1.45. The maximum Gasteiger partial charge on any atom is 0.228 e. The van der Waals surface area contributed by atoms with E-state index in [9.17, 15) is 0 Å². The summed E-state index contributed by atoms with van der Waals surface area (Å²) in [6.45, 7) is 5.09. The van der Waals surface area contributed by atoms with Crippen molar-refractivity contribution < 1.29 is 0 Å². The molecule has 0 saturated carbocycles. The zero-order valence-electron chi connectivity index (χ0n) is 15.5. The Morgan fingerprint density at radius 1 is 1.11 bits per heavy atom. The van der Waals surface area contributed by atoms with Crippen molar-refractivity contribution in [2.45, 2.75) is 32.2 Å². The monoisotopic (exact) mass is 360 g/mol. The van der Waals surface area contributed by atoms with Crippen LogP contribution in [0.5, 0.6) is 0 Å². The summed E-state index contributed by atoms with van der Waals surface area (Å²) in [5.41, 5.74) is 3.43. The lowest BCUT2D eigenvalue weighted by molar-refractivity contribution is 0.198. The number of nitrogens with zero attached hydrogens (tertiary/aromatic N) is 5. The number of likely N-dealkylation sites (tertiary alicyclic amines) is 1. The van der Waals surface area contributed by atoms with Gasteiger partial charge in [-0.3, -0.25) is 9.88 Å². The van der Waals surface area contributed by atoms with E-state index in [2.05, 4.69) is 31.2 Å². The van der Waals surface area contributed by atoms with E-state index >= 15 is 0 Å². The highest BCUT2D eigenvalue weighted by Gasteiger charge is 2.23. The molecule has 1 unspecified atom stereocenters. The van der Waals surface area contributed by atoms with E-state index in [0.717, 1.165) is 43.1 Å². The molecule has 1 N–H and O–H groups in total. The molecule has 0 bridgehead atoms. The molecule has 0 amide bonds. The summed E-state index contributed by atoms with van der Waals surface area (Å²) < 4.78 is 0. The summed E-state index contributed by atoms with van der Waals surface area (Å²) in [6, 6.07) is 10.1. The Bertz CT molecular complexity index is 883. The molecule has 138 valence electrons. The van der Waals surface area contributed by atoms with Gasteiger partial charge in [-0.25, -0.2) is 15.0 Å². The van der Waals surface area contributed by atoms with Crippen molar-refractivity contribution in [1.82, 2.24) is 24.8 Å². The lowest BCUT2D eigenvalue weighted by atomic mass is 9.94. The average Bonchev–Trinajstić information content (AvgIpc) is 2.71. The first kappa shape index (κ1) is 17.5. The fourth-order valence-electron chi connectivity index (χ4n) is 3.57. The quantitative estimate of drug-likeness (QED) is 0.748. The van der Waals surface area contributed by atoms with Crippen molar-refractivity contribution in [2.24, 2.45) is 0 Å². The number of anilines is 2. The predicted molar refractivity (Wildman–Crippen MR) is 106 cm³/mol. The molecule has 0 radical (unpaired) electrons. The average molecular weight is 360 g/mol. The van der Waals surface area contributed by atoms with Gasteiger partial charge in [0.15, 0.2) is 0 Å². The fraction of sp³-hybridized carbons (Fsp3) is 0.333. The van der Waals surface area contributed by atoms with Gasteiger partial charge in [0.2, 0.25) is 5.95 Å². The number of rotatable bonds is 5. The molecule has 1 fully saturated rings. The molecule has 1 atom stereocenters. The van der Waals surface area contributed by atoms with Crippen LogP contribution in [0, 0.1) is 6.92 Å². The van der Waals surface area contributed by atoms with Crippen LogP contribution in [0.3, 0.4) is 0 Å². The predicted octanol–water partition coefficient (Wildman–Crippen LogP) is 3.70. The van der Waals surface area contributed by atoms with Crippen LogP contribution in [-0.2, 0) is 6.54 Å². The molecule has 1 aliphatic rings. The van der Waals surface area contributed by atoms with Gasteiger partial charge in [0, 0.05) is 43.8 Å². The zero-order valence-corrected chi connectivity index (χ0v) is 15.5. The molecule has 4 heterocycles. The third kappa shape index (κ3) is 4.46. The Labute approximate surface area is 159 Å². The number of nitrogens with one attached hydrogen (secondary N) is 1. The van der Waals surface area contributed by atoms with Gasteiger partial charge in [0.05, 0.1) is 5.69 Å². The standard InChI is InChI=1S/C21H24N6/c1-16-5-2-10-23-20(16)26-21-24-11-8-19(25-21)18-7-4-12-27(15-18)14-17-6-3-9-22-13-17/h2-3,5-6,8-11,13,18H,4,7,12,14-15H2,1H3,(H,23,24,25,26). The number of aryl methyl sites for hydroxylation is 1. The van der Waals surface area contributed by atoms with Crippen LogP contribution in [-0.4, -0.2) is 37.9 Å². The van der Waals surface area contributed by atoms with Crippen molar-refractivity contribution in [1.29, 1.82) is 0 Å². The summed E-state index contributed by atoms with van der Waals surface area (Å²) in [6.07, 6.45) is 9.71. The summed E-state index contributed by atoms with van der Waals surface area (Å²) in [4.78, 5) is 20.2. The molecule has 3 aromatic rings. The number of pyridine rings is 2. The maximum absolute atomic E-state index is 4.77. The minimum Gasteiger partial charge on any atom is -0.309 e. The van der Waals surface area contributed by atoms with Crippen LogP contribution in [0.25, 0.3) is 0 Å². The number of hydrogen-bond donors (Lipinski definition) is 1. The fourth-order valence-corrected chi connectivity index (χ4v) is 3.57. The third-order valence-corrected chi connectivity index (χ3v) is 4.97. The van der Waals surface area contributed by atoms with Gasteiger partial charge in [0.1, 0.15) is 5.82 Å². The van der Waals surface area contributed by atoms with Gasteiger partial charge < -0.3 is 5.32 Å². The smallest absolute Gasteiger partial charge is 0.228 e. The van der Waals surface area contributed by atoms with Gasteiger partial charge in [-0.05, 0) is 55.6 Å². The first-order chi connectivity index (χ1) is 13.3. The summed E-state index contributed by atoms with van der Waals surface area (Å²) in [7, 11) is 0. The maximum atomic E-state index is 4.77. The lowest BCUT2D eigenvalue weighted by Gasteiger charge is -2.32. The summed E-state index contributed by atoms with van der Waals surface area (Å²) in [5, 5.41) is 3.25. The summed E-state index contributed by atoms with van der Waals surface area (Å²) in [5.74, 6) is 1.83. The molecule has 1 aliphatic heterocycles. The molecular weight excluding hydrogens is 336 g/mol. The second-order valence-corrected chi connectivity index (χ2v) is 7.03. The highest BCUT2D eigenvalue weighted by atomic mass is 15.2. The van der Waals surface area contributed by atoms with Crippen LogP contribution < -0.4 is 5.32 Å². The van der Waals surface area contributed by atoms with Crippen LogP contribution in [0.15, 0.2) is 55.1 Å². The van der Waals surface area contributed by atoms with Gasteiger partial charge in [-0.2, -0.15) is 0 Å². The molecule has 4 rings (SSSR count). The van der Waals surface area contributed by atoms with Crippen molar-refractivity contribution in [3.05, 3.63) is 71.9 Å². The van der Waals surface area contributed by atoms with Crippen molar-refractivity contribution in [3.63, 3.8) is 0 Å². The van der Waals surface area contributed by atoms with Gasteiger partial charge in [-0.15, -0.1) is 0 Å². The topological polar surface area (TPSA) is 66.8 Å². The van der Waals surface area contributed by atoms with Crippen LogP contribution in [0.1, 0.15) is 35.6 Å². The molecule has 0 aliphatic carbocycles. The number of hydrogen-bond acceptors (Lipinski definition) is 6. The highest BCUT2D eigenvalue weighted by molar-refractivity contribution is 5.52. The second kappa shape index (κ2) is 8.22. The molecule has 3 aromatic heterocycles. The molecule has 0 spiro atoms. The van der Waals surface area contributed by atoms with E-state index in [-0.39, 0.29) is 0 Å². The molecular formula is C21H24N6. The van der Waals surface area contributed by atoms with E-state index < -0.39 is 0 Å². The first-order valence-electron chi connectivity index (χ1n) is 9.41. The van der Waals surface area contributed by atoms with Crippen molar-refractivity contribution >= 4 is 11.8 Å². The molecule has 6 nitrogen and oxygen atoms in total. The van der Waals surface area contributed by atoms with E-state index in [4.69, 9.17) is 4.98 Å². The highest BCUT2D eigenvalue weighted by Crippen LogP contribution is 2.27. The Morgan fingerprint density at radius 3 is 2.89 bits per heavy atom. The van der Waals surface area contributed by atoms with E-state index in [1.165, 1.54) is 12.0 Å². The Kier molecular flexibility index (Phi) is 5.34. The van der Waals surface area contributed by atoms with Crippen LogP contribution in [0.4, 0.5) is 11.8 Å². The van der Waals surface area contributed by atoms with Crippen molar-refractivity contribution in [2.75, 3.05) is 18.4 Å². The largest absolute Gasteiger partial charge is 0.309 e. The van der Waals surface area contributed by atoms with E-state index in [1.807, 2.05) is 49.8 Å². The number of aromatic nitrogens is 4. The summed E-state index contributed by atoms with van der Waals surface area (Å²) >= 11 is 0. The number of piperidine rings is 1. The SMILES string of the molecule is Cc1cccnc1Nc1nccc(C2CCCN(Cc3cccnc3)C2)n1. The zero-order chi connectivity index (χ0) is 18.5. The van der Waals surface area contributed by atoms with Crippen LogP contribution >= 0.6 is 0 Å². The normalized spacial score (nSPS) is 17.6. The van der Waals surface area contributed by atoms with Crippen molar-refractivity contribution in [3.8, 4) is 0 Å². The lowest BCUT2D eigenvalue weighted by Crippen LogP contribution is -2.34. The molecule has 6 heteroatoms. The van der Waals surface area contributed by atoms with E-state index in [1.54, 1.807) is 6.20 Å². The minimum absolute atomic E-state index is 0.420.